The molecule has 1 atom stereocenters. The summed E-state index contributed by atoms with van der Waals surface area (Å²) in [4.78, 5) is 11.7. The number of hydrogen-bond donors (Lipinski definition) is 2. The van der Waals surface area contributed by atoms with Crippen LogP contribution >= 0.6 is 0 Å². The van der Waals surface area contributed by atoms with Gasteiger partial charge in [0, 0.05) is 54.1 Å². The zero-order chi connectivity index (χ0) is 22.3. The molecule has 1 aliphatic rings. The molecule has 1 aliphatic carbocycles. The highest BCUT2D eigenvalue weighted by Gasteiger charge is 2.37. The fraction of sp³-hybridized carbons (Fsp3) is 0.360. The Bertz CT molecular complexity index is 1200. The zero-order valence-electron chi connectivity index (χ0n) is 19.1. The van der Waals surface area contributed by atoms with Gasteiger partial charge in [-0.3, -0.25) is 0 Å². The van der Waals surface area contributed by atoms with Crippen LogP contribution in [0.2, 0.25) is 0 Å². The van der Waals surface area contributed by atoms with Gasteiger partial charge in [0.1, 0.15) is 5.54 Å². The van der Waals surface area contributed by atoms with Crippen LogP contribution in [0, 0.1) is 6.92 Å². The second-order valence-electron chi connectivity index (χ2n) is 8.88. The third-order valence-electron chi connectivity index (χ3n) is 6.51. The van der Waals surface area contributed by atoms with Gasteiger partial charge in [-0.25, -0.2) is 9.97 Å². The molecule has 6 nitrogen and oxygen atoms in total. The van der Waals surface area contributed by atoms with Crippen molar-refractivity contribution in [1.82, 2.24) is 19.4 Å². The number of aromatic nitrogens is 3. The molecule has 1 aromatic carbocycles. The van der Waals surface area contributed by atoms with Gasteiger partial charge in [0.2, 0.25) is 0 Å². The number of nitrogens with two attached hydrogens (primary N) is 2. The van der Waals surface area contributed by atoms with Crippen LogP contribution in [0.1, 0.15) is 31.3 Å². The van der Waals surface area contributed by atoms with E-state index >= 15 is 0 Å². The van der Waals surface area contributed by atoms with E-state index < -0.39 is 5.54 Å². The van der Waals surface area contributed by atoms with Crippen molar-refractivity contribution in [1.29, 1.82) is 0 Å². The molecule has 0 bridgehead atoms. The molecule has 0 saturated carbocycles. The van der Waals surface area contributed by atoms with E-state index in [4.69, 9.17) is 16.5 Å². The lowest BCUT2D eigenvalue weighted by Crippen LogP contribution is -2.43. The summed E-state index contributed by atoms with van der Waals surface area (Å²) in [6.07, 6.45) is 5.36. The molecular weight excluding hydrogens is 384 g/mol. The van der Waals surface area contributed by atoms with Gasteiger partial charge in [0.25, 0.3) is 0 Å². The minimum Gasteiger partial charge on any atom is -0.402 e. The van der Waals surface area contributed by atoms with Gasteiger partial charge in [0.15, 0.2) is 5.82 Å². The van der Waals surface area contributed by atoms with Crippen molar-refractivity contribution in [3.05, 3.63) is 71.0 Å². The summed E-state index contributed by atoms with van der Waals surface area (Å²) in [5.41, 5.74) is 20.0. The maximum atomic E-state index is 6.91. The molecule has 0 fully saturated rings. The van der Waals surface area contributed by atoms with Gasteiger partial charge >= 0.3 is 0 Å². The quantitative estimate of drug-likeness (QED) is 0.664. The molecule has 4 rings (SSSR count). The first-order valence-electron chi connectivity index (χ1n) is 10.7. The number of nitrogens with zero attached hydrogens (tertiary/aromatic N) is 4. The van der Waals surface area contributed by atoms with E-state index in [0.717, 1.165) is 41.1 Å². The Morgan fingerprint density at radius 1 is 1.16 bits per heavy atom. The average molecular weight is 417 g/mol. The Balaban J connectivity index is 1.75. The molecule has 2 aromatic heterocycles. The van der Waals surface area contributed by atoms with Crippen LogP contribution < -0.4 is 11.5 Å². The SMILES string of the molecule is CC1=CC(CCN(C)C)=C(N)CC1(N)c1nccc(-c2c(C)n(C)c3ccccc23)n1. The smallest absolute Gasteiger partial charge is 0.153 e. The van der Waals surface area contributed by atoms with Crippen LogP contribution in [-0.2, 0) is 12.6 Å². The fourth-order valence-corrected chi connectivity index (χ4v) is 4.43. The monoisotopic (exact) mass is 416 g/mol. The Morgan fingerprint density at radius 2 is 1.90 bits per heavy atom. The summed E-state index contributed by atoms with van der Waals surface area (Å²) >= 11 is 0. The van der Waals surface area contributed by atoms with Crippen molar-refractivity contribution in [2.24, 2.45) is 18.5 Å². The Morgan fingerprint density at radius 3 is 2.65 bits per heavy atom. The lowest BCUT2D eigenvalue weighted by atomic mass is 9.79. The van der Waals surface area contributed by atoms with E-state index in [1.165, 1.54) is 16.6 Å². The summed E-state index contributed by atoms with van der Waals surface area (Å²) in [6.45, 7) is 5.13. The molecule has 0 spiro atoms. The van der Waals surface area contributed by atoms with E-state index in [2.05, 4.69) is 79.8 Å². The number of hydrogen-bond acceptors (Lipinski definition) is 5. The first kappa shape index (κ1) is 21.3. The molecule has 6 heteroatoms. The fourth-order valence-electron chi connectivity index (χ4n) is 4.43. The number of fused-ring (bicyclic) bond motifs is 1. The van der Waals surface area contributed by atoms with Crippen molar-refractivity contribution in [2.75, 3.05) is 20.6 Å². The number of aryl methyl sites for hydroxylation is 1. The standard InChI is InChI=1S/C25H32N6/c1-16-14-18(11-13-30(3)4)20(26)15-25(16,27)24-28-12-10-21(29-24)23-17(2)31(5)22-9-7-6-8-19(22)23/h6-10,12,14H,11,13,15,26-27H2,1-5H3. The predicted molar refractivity (Wildman–Crippen MR) is 127 cm³/mol. The minimum absolute atomic E-state index is 0.524. The van der Waals surface area contributed by atoms with Gasteiger partial charge in [0.05, 0.1) is 5.69 Å². The van der Waals surface area contributed by atoms with Gasteiger partial charge in [-0.1, -0.05) is 24.3 Å². The summed E-state index contributed by atoms with van der Waals surface area (Å²) in [6, 6.07) is 10.4. The average Bonchev–Trinajstić information content (AvgIpc) is 3.00. The van der Waals surface area contributed by atoms with Crippen LogP contribution in [0.4, 0.5) is 0 Å². The molecule has 0 saturated heterocycles. The lowest BCUT2D eigenvalue weighted by Gasteiger charge is -2.34. The number of benzene rings is 1. The number of para-hydroxylation sites is 1. The normalized spacial score (nSPS) is 19.4. The van der Waals surface area contributed by atoms with E-state index in [-0.39, 0.29) is 0 Å². The molecule has 0 amide bonds. The van der Waals surface area contributed by atoms with Crippen LogP contribution in [0.25, 0.3) is 22.2 Å². The second kappa shape index (κ2) is 7.94. The molecule has 2 heterocycles. The lowest BCUT2D eigenvalue weighted by molar-refractivity contribution is 0.410. The topological polar surface area (TPSA) is 86.0 Å². The molecule has 31 heavy (non-hydrogen) atoms. The second-order valence-corrected chi connectivity index (χ2v) is 8.88. The first-order chi connectivity index (χ1) is 14.7. The first-order valence-corrected chi connectivity index (χ1v) is 10.7. The van der Waals surface area contributed by atoms with E-state index in [0.29, 0.717) is 12.2 Å². The van der Waals surface area contributed by atoms with E-state index in [1.54, 1.807) is 0 Å². The van der Waals surface area contributed by atoms with Crippen molar-refractivity contribution >= 4 is 10.9 Å². The van der Waals surface area contributed by atoms with Gasteiger partial charge in [-0.2, -0.15) is 0 Å². The molecule has 3 aromatic rings. The van der Waals surface area contributed by atoms with Crippen molar-refractivity contribution in [3.8, 4) is 11.3 Å². The Kier molecular flexibility index (Phi) is 5.45. The van der Waals surface area contributed by atoms with E-state index in [9.17, 15) is 0 Å². The van der Waals surface area contributed by atoms with Crippen LogP contribution in [0.3, 0.4) is 0 Å². The summed E-state index contributed by atoms with van der Waals surface area (Å²) < 4.78 is 2.20. The zero-order valence-corrected chi connectivity index (χ0v) is 19.1. The van der Waals surface area contributed by atoms with E-state index in [1.807, 2.05) is 12.3 Å². The summed E-state index contributed by atoms with van der Waals surface area (Å²) in [5, 5.41) is 1.18. The number of allylic oxidation sites excluding steroid dienone is 1. The molecule has 0 aliphatic heterocycles. The van der Waals surface area contributed by atoms with Crippen molar-refractivity contribution in [2.45, 2.75) is 32.2 Å². The van der Waals surface area contributed by atoms with Crippen LogP contribution in [0.5, 0.6) is 0 Å². The summed E-state index contributed by atoms with van der Waals surface area (Å²) in [5.74, 6) is 0.612. The molecular formula is C25H32N6. The highest BCUT2D eigenvalue weighted by Crippen LogP contribution is 2.38. The van der Waals surface area contributed by atoms with Crippen LogP contribution in [0.15, 0.2) is 59.4 Å². The summed E-state index contributed by atoms with van der Waals surface area (Å²) in [7, 11) is 6.22. The van der Waals surface area contributed by atoms with Crippen molar-refractivity contribution in [3.63, 3.8) is 0 Å². The largest absolute Gasteiger partial charge is 0.402 e. The minimum atomic E-state index is -0.805. The van der Waals surface area contributed by atoms with Gasteiger partial charge < -0.3 is 20.9 Å². The maximum absolute atomic E-state index is 6.91. The highest BCUT2D eigenvalue weighted by molar-refractivity contribution is 5.97. The molecule has 4 N–H and O–H groups in total. The maximum Gasteiger partial charge on any atom is 0.153 e. The third kappa shape index (κ3) is 3.66. The third-order valence-corrected chi connectivity index (χ3v) is 6.51. The van der Waals surface area contributed by atoms with Crippen molar-refractivity contribution < 1.29 is 0 Å². The van der Waals surface area contributed by atoms with Gasteiger partial charge in [-0.15, -0.1) is 0 Å². The van der Waals surface area contributed by atoms with Gasteiger partial charge in [-0.05, 0) is 57.6 Å². The molecule has 1 unspecified atom stereocenters. The number of rotatable bonds is 5. The molecule has 0 radical (unpaired) electrons. The Labute approximate surface area is 184 Å². The highest BCUT2D eigenvalue weighted by atomic mass is 15.0. The predicted octanol–water partition coefficient (Wildman–Crippen LogP) is 3.61. The molecule has 162 valence electrons. The van der Waals surface area contributed by atoms with Crippen LogP contribution in [-0.4, -0.2) is 40.1 Å². The Hall–Kier alpha value is -2.96.